The predicted octanol–water partition coefficient (Wildman–Crippen LogP) is 2.18. The van der Waals surface area contributed by atoms with Gasteiger partial charge in [0.2, 0.25) is 0 Å². The zero-order chi connectivity index (χ0) is 10.0. The number of hydrogen-bond donors (Lipinski definition) is 0. The van der Waals surface area contributed by atoms with Crippen molar-refractivity contribution in [3.8, 4) is 5.75 Å². The Kier molecular flexibility index (Phi) is 2.60. The molecule has 0 unspecified atom stereocenters. The van der Waals surface area contributed by atoms with E-state index in [4.69, 9.17) is 0 Å². The van der Waals surface area contributed by atoms with Crippen molar-refractivity contribution in [1.82, 2.24) is 0 Å². The zero-order valence-electron chi connectivity index (χ0n) is 7.23. The van der Waals surface area contributed by atoms with E-state index >= 15 is 0 Å². The van der Waals surface area contributed by atoms with E-state index in [-0.39, 0.29) is 11.3 Å². The van der Waals surface area contributed by atoms with E-state index in [1.807, 2.05) is 0 Å². The summed E-state index contributed by atoms with van der Waals surface area (Å²) in [6.07, 6.45) is 0. The summed E-state index contributed by atoms with van der Waals surface area (Å²) in [6, 6.07) is 1.62. The van der Waals surface area contributed by atoms with Crippen LogP contribution in [0.25, 0.3) is 0 Å². The number of halogens is 2. The predicted molar refractivity (Wildman–Crippen MR) is 42.9 cm³/mol. The molecule has 0 saturated carbocycles. The van der Waals surface area contributed by atoms with E-state index in [1.165, 1.54) is 14.0 Å². The second-order valence-electron chi connectivity index (χ2n) is 2.52. The van der Waals surface area contributed by atoms with Crippen LogP contribution < -0.4 is 4.74 Å². The van der Waals surface area contributed by atoms with Gasteiger partial charge in [-0.2, -0.15) is 0 Å². The minimum atomic E-state index is -0.899. The molecule has 0 N–H and O–H groups in total. The fraction of sp³-hybridized carbons (Fsp3) is 0.222. The summed E-state index contributed by atoms with van der Waals surface area (Å²) in [5.41, 5.74) is -0.219. The van der Waals surface area contributed by atoms with Crippen molar-refractivity contribution in [1.29, 1.82) is 0 Å². The van der Waals surface area contributed by atoms with Crippen LogP contribution in [-0.4, -0.2) is 12.9 Å². The Morgan fingerprint density at radius 3 is 2.46 bits per heavy atom. The van der Waals surface area contributed by atoms with Crippen LogP contribution in [0, 0.1) is 11.6 Å². The Morgan fingerprint density at radius 1 is 1.38 bits per heavy atom. The lowest BCUT2D eigenvalue weighted by molar-refractivity contribution is 0.101. The highest BCUT2D eigenvalue weighted by molar-refractivity contribution is 5.97. The smallest absolute Gasteiger partial charge is 0.166 e. The van der Waals surface area contributed by atoms with Crippen LogP contribution in [0.4, 0.5) is 8.78 Å². The van der Waals surface area contributed by atoms with Crippen LogP contribution >= 0.6 is 0 Å². The van der Waals surface area contributed by atoms with E-state index in [9.17, 15) is 13.6 Å². The first-order chi connectivity index (χ1) is 6.06. The number of Topliss-reactive ketones (excluding diaryl/α,β-unsaturated/α-hetero) is 1. The molecule has 0 aliphatic carbocycles. The lowest BCUT2D eigenvalue weighted by Crippen LogP contribution is -2.02. The number of ketones is 1. The Morgan fingerprint density at radius 2 is 2.00 bits per heavy atom. The maximum absolute atomic E-state index is 13.0. The maximum atomic E-state index is 13.0. The summed E-state index contributed by atoms with van der Waals surface area (Å²) in [4.78, 5) is 10.9. The van der Waals surface area contributed by atoms with Crippen molar-refractivity contribution in [2.45, 2.75) is 6.92 Å². The van der Waals surface area contributed by atoms with E-state index < -0.39 is 17.4 Å². The number of rotatable bonds is 2. The number of benzene rings is 1. The molecule has 0 bridgehead atoms. The van der Waals surface area contributed by atoms with Crippen molar-refractivity contribution >= 4 is 5.78 Å². The van der Waals surface area contributed by atoms with Crippen molar-refractivity contribution in [3.05, 3.63) is 29.3 Å². The molecular weight excluding hydrogens is 178 g/mol. The Hall–Kier alpha value is -1.45. The third-order valence-electron chi connectivity index (χ3n) is 1.59. The van der Waals surface area contributed by atoms with Crippen molar-refractivity contribution in [2.24, 2.45) is 0 Å². The summed E-state index contributed by atoms with van der Waals surface area (Å²) in [5.74, 6) is -2.23. The second-order valence-corrected chi connectivity index (χ2v) is 2.52. The molecular formula is C9H8F2O2. The molecule has 70 valence electrons. The molecule has 0 atom stereocenters. The van der Waals surface area contributed by atoms with E-state index in [0.717, 1.165) is 6.07 Å². The molecule has 1 aromatic rings. The highest BCUT2D eigenvalue weighted by Crippen LogP contribution is 2.23. The zero-order valence-corrected chi connectivity index (χ0v) is 7.23. The summed E-state index contributed by atoms with van der Waals surface area (Å²) in [6.45, 7) is 1.19. The van der Waals surface area contributed by atoms with Gasteiger partial charge in [0, 0.05) is 12.1 Å². The molecule has 0 amide bonds. The lowest BCUT2D eigenvalue weighted by atomic mass is 10.1. The third-order valence-corrected chi connectivity index (χ3v) is 1.59. The molecule has 4 heteroatoms. The molecule has 0 aliphatic heterocycles. The highest BCUT2D eigenvalue weighted by Gasteiger charge is 2.15. The Labute approximate surface area is 74.1 Å². The fourth-order valence-electron chi connectivity index (χ4n) is 1.05. The summed E-state index contributed by atoms with van der Waals surface area (Å²) in [7, 11) is 1.25. The van der Waals surface area contributed by atoms with Crippen LogP contribution in [0.5, 0.6) is 5.75 Å². The standard InChI is InChI=1S/C9H8F2O2/c1-5(12)9-7(11)3-6(10)4-8(9)13-2/h3-4H,1-2H3. The van der Waals surface area contributed by atoms with Crippen LogP contribution in [-0.2, 0) is 0 Å². The van der Waals surface area contributed by atoms with Gasteiger partial charge < -0.3 is 4.74 Å². The van der Waals surface area contributed by atoms with Gasteiger partial charge in [0.25, 0.3) is 0 Å². The van der Waals surface area contributed by atoms with Gasteiger partial charge in [-0.1, -0.05) is 0 Å². The second kappa shape index (κ2) is 3.51. The summed E-state index contributed by atoms with van der Waals surface area (Å²) < 4.78 is 30.3. The first-order valence-corrected chi connectivity index (χ1v) is 3.60. The summed E-state index contributed by atoms with van der Waals surface area (Å²) in [5, 5.41) is 0. The SMILES string of the molecule is COc1cc(F)cc(F)c1C(C)=O. The van der Waals surface area contributed by atoms with Crippen LogP contribution in [0.3, 0.4) is 0 Å². The number of carbonyl (C=O) groups excluding carboxylic acids is 1. The van der Waals surface area contributed by atoms with Gasteiger partial charge in [-0.05, 0) is 6.92 Å². The largest absolute Gasteiger partial charge is 0.496 e. The molecule has 0 radical (unpaired) electrons. The number of carbonyl (C=O) groups is 1. The van der Waals surface area contributed by atoms with Crippen LogP contribution in [0.15, 0.2) is 12.1 Å². The van der Waals surface area contributed by atoms with Crippen molar-refractivity contribution in [3.63, 3.8) is 0 Å². The van der Waals surface area contributed by atoms with Gasteiger partial charge in [0.1, 0.15) is 17.4 Å². The fourth-order valence-corrected chi connectivity index (χ4v) is 1.05. The third kappa shape index (κ3) is 1.83. The monoisotopic (exact) mass is 186 g/mol. The average molecular weight is 186 g/mol. The normalized spacial score (nSPS) is 9.85. The van der Waals surface area contributed by atoms with Crippen molar-refractivity contribution < 1.29 is 18.3 Å². The topological polar surface area (TPSA) is 26.3 Å². The molecule has 0 heterocycles. The molecule has 0 aromatic heterocycles. The van der Waals surface area contributed by atoms with Gasteiger partial charge in [-0.25, -0.2) is 8.78 Å². The maximum Gasteiger partial charge on any atom is 0.166 e. The molecule has 0 spiro atoms. The van der Waals surface area contributed by atoms with Crippen LogP contribution in [0.1, 0.15) is 17.3 Å². The lowest BCUT2D eigenvalue weighted by Gasteiger charge is -2.06. The van der Waals surface area contributed by atoms with Crippen molar-refractivity contribution in [2.75, 3.05) is 7.11 Å². The van der Waals surface area contributed by atoms with Gasteiger partial charge in [-0.15, -0.1) is 0 Å². The molecule has 0 fully saturated rings. The van der Waals surface area contributed by atoms with E-state index in [2.05, 4.69) is 4.74 Å². The van der Waals surface area contributed by atoms with E-state index in [1.54, 1.807) is 0 Å². The summed E-state index contributed by atoms with van der Waals surface area (Å²) >= 11 is 0. The van der Waals surface area contributed by atoms with Gasteiger partial charge in [0.05, 0.1) is 12.7 Å². The Balaban J connectivity index is 3.38. The molecule has 1 aromatic carbocycles. The van der Waals surface area contributed by atoms with Gasteiger partial charge >= 0.3 is 0 Å². The molecule has 13 heavy (non-hydrogen) atoms. The Bertz CT molecular complexity index is 348. The minimum Gasteiger partial charge on any atom is -0.496 e. The highest BCUT2D eigenvalue weighted by atomic mass is 19.1. The molecule has 1 rings (SSSR count). The average Bonchev–Trinajstić information content (AvgIpc) is 2.01. The quantitative estimate of drug-likeness (QED) is 0.661. The van der Waals surface area contributed by atoms with Gasteiger partial charge in [-0.3, -0.25) is 4.79 Å². The number of methoxy groups -OCH3 is 1. The van der Waals surface area contributed by atoms with E-state index in [0.29, 0.717) is 6.07 Å². The molecule has 0 saturated heterocycles. The number of hydrogen-bond acceptors (Lipinski definition) is 2. The molecule has 0 aliphatic rings. The minimum absolute atomic E-state index is 0.0787. The van der Waals surface area contributed by atoms with Crippen LogP contribution in [0.2, 0.25) is 0 Å². The molecule has 2 nitrogen and oxygen atoms in total. The first kappa shape index (κ1) is 9.64. The number of ether oxygens (including phenoxy) is 1. The van der Waals surface area contributed by atoms with Gasteiger partial charge in [0.15, 0.2) is 5.78 Å². The first-order valence-electron chi connectivity index (χ1n) is 3.60.